The molecule has 0 spiro atoms. The van der Waals surface area contributed by atoms with Crippen molar-refractivity contribution < 1.29 is 9.15 Å². The van der Waals surface area contributed by atoms with E-state index in [4.69, 9.17) is 14.4 Å². The molecule has 4 heteroatoms. The lowest BCUT2D eigenvalue weighted by atomic mass is 10.2. The Kier molecular flexibility index (Phi) is 2.46. The van der Waals surface area contributed by atoms with Crippen LogP contribution in [0.1, 0.15) is 12.2 Å². The van der Waals surface area contributed by atoms with Crippen LogP contribution in [0.4, 0.5) is 0 Å². The van der Waals surface area contributed by atoms with E-state index in [1.807, 2.05) is 30.3 Å². The number of nitriles is 1. The quantitative estimate of drug-likeness (QED) is 0.854. The van der Waals surface area contributed by atoms with Crippen LogP contribution >= 0.6 is 0 Å². The lowest BCUT2D eigenvalue weighted by Gasteiger charge is -2.10. The molecule has 4 nitrogen and oxygen atoms in total. The molecule has 17 heavy (non-hydrogen) atoms. The fourth-order valence-electron chi connectivity index (χ4n) is 2.11. The highest BCUT2D eigenvalue weighted by molar-refractivity contribution is 5.86. The summed E-state index contributed by atoms with van der Waals surface area (Å²) >= 11 is 0. The van der Waals surface area contributed by atoms with Crippen molar-refractivity contribution in [1.29, 1.82) is 5.26 Å². The predicted molar refractivity (Wildman–Crippen MR) is 62.8 cm³/mol. The van der Waals surface area contributed by atoms with Crippen LogP contribution in [0.25, 0.3) is 11.0 Å². The molecule has 0 radical (unpaired) electrons. The van der Waals surface area contributed by atoms with Gasteiger partial charge in [0.05, 0.1) is 5.39 Å². The molecule has 86 valence electrons. The molecule has 1 saturated heterocycles. The molecule has 2 heterocycles. The Morgan fingerprint density at radius 2 is 2.29 bits per heavy atom. The summed E-state index contributed by atoms with van der Waals surface area (Å²) in [5.74, 6) is 0.842. The largest absolute Gasteiger partial charge is 0.484 e. The third-order valence-corrected chi connectivity index (χ3v) is 2.95. The van der Waals surface area contributed by atoms with Gasteiger partial charge in [0.15, 0.2) is 5.75 Å². The average molecular weight is 228 g/mol. The van der Waals surface area contributed by atoms with Crippen LogP contribution in [0.3, 0.4) is 0 Å². The number of para-hydroxylation sites is 1. The van der Waals surface area contributed by atoms with Crippen molar-refractivity contribution >= 4 is 11.0 Å². The second-order valence-corrected chi connectivity index (χ2v) is 4.10. The summed E-state index contributed by atoms with van der Waals surface area (Å²) in [6.45, 7) is 1.78. The summed E-state index contributed by atoms with van der Waals surface area (Å²) in [4.78, 5) is 0. The van der Waals surface area contributed by atoms with E-state index in [1.54, 1.807) is 0 Å². The number of hydrogen-bond donors (Lipinski definition) is 1. The fourth-order valence-corrected chi connectivity index (χ4v) is 2.11. The maximum Gasteiger partial charge on any atom is 0.246 e. The van der Waals surface area contributed by atoms with Crippen LogP contribution in [0, 0.1) is 11.3 Å². The van der Waals surface area contributed by atoms with Gasteiger partial charge in [-0.2, -0.15) is 5.26 Å². The predicted octanol–water partition coefficient (Wildman–Crippen LogP) is 2.05. The molecule has 1 aromatic heterocycles. The van der Waals surface area contributed by atoms with Crippen molar-refractivity contribution in [3.05, 3.63) is 30.0 Å². The van der Waals surface area contributed by atoms with Gasteiger partial charge in [0, 0.05) is 6.54 Å². The molecule has 1 aliphatic rings. The van der Waals surface area contributed by atoms with E-state index in [0.717, 1.165) is 24.9 Å². The number of nitrogens with zero attached hydrogens (tertiary/aromatic N) is 1. The Hall–Kier alpha value is -1.99. The van der Waals surface area contributed by atoms with Gasteiger partial charge < -0.3 is 14.5 Å². The molecule has 0 aliphatic carbocycles. The van der Waals surface area contributed by atoms with Crippen LogP contribution in [0.2, 0.25) is 0 Å². The summed E-state index contributed by atoms with van der Waals surface area (Å²) in [6, 6.07) is 9.60. The van der Waals surface area contributed by atoms with Crippen molar-refractivity contribution in [2.24, 2.45) is 0 Å². The zero-order chi connectivity index (χ0) is 11.7. The van der Waals surface area contributed by atoms with E-state index in [9.17, 15) is 0 Å². The highest BCUT2D eigenvalue weighted by Crippen LogP contribution is 2.33. The molecule has 1 fully saturated rings. The van der Waals surface area contributed by atoms with Crippen LogP contribution < -0.4 is 10.1 Å². The minimum atomic E-state index is 0.128. The van der Waals surface area contributed by atoms with Gasteiger partial charge in [-0.1, -0.05) is 12.1 Å². The molecule has 1 atom stereocenters. The Labute approximate surface area is 98.8 Å². The van der Waals surface area contributed by atoms with E-state index in [0.29, 0.717) is 11.3 Å². The number of fused-ring (bicyclic) bond motifs is 1. The van der Waals surface area contributed by atoms with Gasteiger partial charge >= 0.3 is 0 Å². The summed E-state index contributed by atoms with van der Waals surface area (Å²) in [5.41, 5.74) is 0.699. The van der Waals surface area contributed by atoms with Gasteiger partial charge in [0.1, 0.15) is 17.8 Å². The maximum absolute atomic E-state index is 9.05. The third-order valence-electron chi connectivity index (χ3n) is 2.95. The maximum atomic E-state index is 9.05. The lowest BCUT2D eigenvalue weighted by molar-refractivity contribution is 0.222. The number of nitrogens with one attached hydrogen (secondary N) is 1. The highest BCUT2D eigenvalue weighted by Gasteiger charge is 2.21. The van der Waals surface area contributed by atoms with E-state index in [1.165, 1.54) is 0 Å². The summed E-state index contributed by atoms with van der Waals surface area (Å²) in [6.07, 6.45) is 1.09. The van der Waals surface area contributed by atoms with Crippen molar-refractivity contribution in [1.82, 2.24) is 5.32 Å². The fraction of sp³-hybridized carbons (Fsp3) is 0.308. The second-order valence-electron chi connectivity index (χ2n) is 4.10. The van der Waals surface area contributed by atoms with Gasteiger partial charge in [0.25, 0.3) is 0 Å². The SMILES string of the molecule is N#Cc1oc2ccccc2c1O[C@H]1CCNC1. The van der Waals surface area contributed by atoms with Gasteiger partial charge in [0.2, 0.25) is 5.76 Å². The Bertz CT molecular complexity index is 577. The molecule has 1 aromatic carbocycles. The summed E-state index contributed by atoms with van der Waals surface area (Å²) in [5, 5.41) is 13.2. The van der Waals surface area contributed by atoms with Gasteiger partial charge in [-0.3, -0.25) is 0 Å². The van der Waals surface area contributed by atoms with E-state index in [2.05, 4.69) is 5.32 Å². The van der Waals surface area contributed by atoms with Crippen molar-refractivity contribution in [3.63, 3.8) is 0 Å². The third kappa shape index (κ3) is 1.75. The van der Waals surface area contributed by atoms with Crippen LogP contribution in [-0.2, 0) is 0 Å². The molecule has 0 bridgehead atoms. The van der Waals surface area contributed by atoms with Gasteiger partial charge in [-0.25, -0.2) is 0 Å². The first kappa shape index (κ1) is 10.2. The first-order chi connectivity index (χ1) is 8.38. The Morgan fingerprint density at radius 3 is 3.06 bits per heavy atom. The molecular formula is C13H12N2O2. The number of furan rings is 1. The minimum Gasteiger partial charge on any atom is -0.484 e. The Morgan fingerprint density at radius 1 is 1.41 bits per heavy atom. The minimum absolute atomic E-state index is 0.128. The number of benzene rings is 1. The summed E-state index contributed by atoms with van der Waals surface area (Å²) < 4.78 is 11.3. The number of rotatable bonds is 2. The van der Waals surface area contributed by atoms with Crippen LogP contribution in [0.15, 0.2) is 28.7 Å². The summed E-state index contributed by atoms with van der Waals surface area (Å²) in [7, 11) is 0. The van der Waals surface area contributed by atoms with Crippen LogP contribution in [-0.4, -0.2) is 19.2 Å². The first-order valence-electron chi connectivity index (χ1n) is 5.67. The number of ether oxygens (including phenoxy) is 1. The van der Waals surface area contributed by atoms with Crippen LogP contribution in [0.5, 0.6) is 5.75 Å². The molecule has 2 aromatic rings. The molecule has 3 rings (SSSR count). The highest BCUT2D eigenvalue weighted by atomic mass is 16.5. The van der Waals surface area contributed by atoms with Gasteiger partial charge in [-0.15, -0.1) is 0 Å². The molecule has 0 unspecified atom stereocenters. The van der Waals surface area contributed by atoms with E-state index in [-0.39, 0.29) is 11.9 Å². The van der Waals surface area contributed by atoms with E-state index < -0.39 is 0 Å². The topological polar surface area (TPSA) is 58.2 Å². The second kappa shape index (κ2) is 4.11. The molecule has 0 amide bonds. The standard InChI is InChI=1S/C13H12N2O2/c14-7-12-13(16-9-5-6-15-8-9)10-3-1-2-4-11(10)17-12/h1-4,9,15H,5-6,8H2/t9-/m0/s1. The lowest BCUT2D eigenvalue weighted by Crippen LogP contribution is -2.19. The zero-order valence-corrected chi connectivity index (χ0v) is 9.27. The van der Waals surface area contributed by atoms with Crippen molar-refractivity contribution in [2.45, 2.75) is 12.5 Å². The number of hydrogen-bond acceptors (Lipinski definition) is 4. The molecular weight excluding hydrogens is 216 g/mol. The first-order valence-corrected chi connectivity index (χ1v) is 5.67. The van der Waals surface area contributed by atoms with Crippen molar-refractivity contribution in [3.8, 4) is 11.8 Å². The normalized spacial score (nSPS) is 19.4. The molecule has 1 aliphatic heterocycles. The average Bonchev–Trinajstić information content (AvgIpc) is 2.98. The molecule has 1 N–H and O–H groups in total. The van der Waals surface area contributed by atoms with Gasteiger partial charge in [-0.05, 0) is 25.1 Å². The zero-order valence-electron chi connectivity index (χ0n) is 9.27. The van der Waals surface area contributed by atoms with Crippen molar-refractivity contribution in [2.75, 3.05) is 13.1 Å². The monoisotopic (exact) mass is 228 g/mol. The smallest absolute Gasteiger partial charge is 0.246 e. The molecule has 0 saturated carbocycles. The van der Waals surface area contributed by atoms with E-state index >= 15 is 0 Å². The Balaban J connectivity index is 2.03.